The number of unbranched alkanes of at least 4 members (excludes halogenated alkanes) is 1. The molecular weight excluding hydrogens is 380 g/mol. The van der Waals surface area contributed by atoms with Crippen LogP contribution in [0.1, 0.15) is 95.0 Å². The summed E-state index contributed by atoms with van der Waals surface area (Å²) in [5.74, 6) is 0.669. The molecule has 6 nitrogen and oxygen atoms in total. The van der Waals surface area contributed by atoms with Gasteiger partial charge in [-0.2, -0.15) is 0 Å². The van der Waals surface area contributed by atoms with Gasteiger partial charge in [-0.15, -0.1) is 0 Å². The maximum atomic E-state index is 12.8. The molecule has 2 aliphatic rings. The van der Waals surface area contributed by atoms with Crippen LogP contribution >= 0.6 is 0 Å². The van der Waals surface area contributed by atoms with Crippen LogP contribution in [0.4, 0.5) is 0 Å². The van der Waals surface area contributed by atoms with Gasteiger partial charge in [0.1, 0.15) is 11.5 Å². The number of aromatic nitrogens is 1. The minimum absolute atomic E-state index is 0.0435. The second kappa shape index (κ2) is 8.48. The number of hydrogen-bond acceptors (Lipinski definition) is 6. The molecule has 164 valence electrons. The number of ketones is 2. The van der Waals surface area contributed by atoms with E-state index in [0.717, 1.165) is 12.8 Å². The summed E-state index contributed by atoms with van der Waals surface area (Å²) in [4.78, 5) is 30.1. The van der Waals surface area contributed by atoms with Gasteiger partial charge in [0.2, 0.25) is 0 Å². The van der Waals surface area contributed by atoms with Gasteiger partial charge in [0.15, 0.2) is 11.6 Å². The fraction of sp³-hybridized carbons (Fsp3) is 0.667. The third-order valence-electron chi connectivity index (χ3n) is 5.94. The van der Waals surface area contributed by atoms with Gasteiger partial charge in [-0.3, -0.25) is 14.6 Å². The Morgan fingerprint density at radius 1 is 1.07 bits per heavy atom. The fourth-order valence-electron chi connectivity index (χ4n) is 4.47. The van der Waals surface area contributed by atoms with Crippen molar-refractivity contribution < 1.29 is 19.2 Å². The molecule has 0 bridgehead atoms. The molecule has 1 aromatic heterocycles. The lowest BCUT2D eigenvalue weighted by Gasteiger charge is -2.31. The van der Waals surface area contributed by atoms with Crippen LogP contribution in [0.15, 0.2) is 20.8 Å². The molecule has 1 N–H and O–H groups in total. The number of nitrogens with zero attached hydrogens (tertiary/aromatic N) is 2. The Hall–Kier alpha value is -2.24. The summed E-state index contributed by atoms with van der Waals surface area (Å²) in [5.41, 5.74) is 1.94. The summed E-state index contributed by atoms with van der Waals surface area (Å²) < 4.78 is 5.45. The van der Waals surface area contributed by atoms with E-state index < -0.39 is 0 Å². The Bertz CT molecular complexity index is 902. The SMILES string of the molecule is CCCCN=C1CC(C)(C)CC(=O)C1=C(O)CCc1noc2c1C(=O)CC(C)(C)C2. The van der Waals surface area contributed by atoms with Gasteiger partial charge in [0.05, 0.1) is 16.8 Å². The molecule has 1 aromatic rings. The van der Waals surface area contributed by atoms with Crippen molar-refractivity contribution in [1.82, 2.24) is 5.16 Å². The lowest BCUT2D eigenvalue weighted by atomic mass is 9.73. The van der Waals surface area contributed by atoms with E-state index in [1.807, 2.05) is 13.8 Å². The summed E-state index contributed by atoms with van der Waals surface area (Å²) >= 11 is 0. The number of allylic oxidation sites excluding steroid dienone is 2. The molecule has 30 heavy (non-hydrogen) atoms. The van der Waals surface area contributed by atoms with Crippen LogP contribution in [-0.2, 0) is 17.6 Å². The molecule has 0 saturated heterocycles. The highest BCUT2D eigenvalue weighted by Gasteiger charge is 2.38. The predicted octanol–water partition coefficient (Wildman–Crippen LogP) is 5.20. The summed E-state index contributed by atoms with van der Waals surface area (Å²) in [6.07, 6.45) is 4.79. The normalized spacial score (nSPS) is 23.6. The smallest absolute Gasteiger partial charge is 0.168 e. The topological polar surface area (TPSA) is 92.8 Å². The molecule has 1 heterocycles. The molecule has 0 amide bonds. The zero-order valence-electron chi connectivity index (χ0n) is 18.9. The van der Waals surface area contributed by atoms with E-state index in [1.165, 1.54) is 0 Å². The number of fused-ring (bicyclic) bond motifs is 1. The molecule has 0 aromatic carbocycles. The monoisotopic (exact) mass is 414 g/mol. The second-order valence-corrected chi connectivity index (χ2v) is 10.3. The molecule has 2 aliphatic carbocycles. The van der Waals surface area contributed by atoms with E-state index in [1.54, 1.807) is 0 Å². The van der Waals surface area contributed by atoms with Crippen LogP contribution in [0.5, 0.6) is 0 Å². The number of aliphatic hydroxyl groups excluding tert-OH is 1. The van der Waals surface area contributed by atoms with Crippen LogP contribution in [0, 0.1) is 10.8 Å². The molecule has 0 atom stereocenters. The summed E-state index contributed by atoms with van der Waals surface area (Å²) in [7, 11) is 0. The van der Waals surface area contributed by atoms with Gasteiger partial charge < -0.3 is 9.63 Å². The number of carbonyl (C=O) groups excluding carboxylic acids is 2. The fourth-order valence-corrected chi connectivity index (χ4v) is 4.47. The number of Topliss-reactive ketones (excluding diaryl/α,β-unsaturated/α-hetero) is 2. The average Bonchev–Trinajstić information content (AvgIpc) is 3.00. The molecule has 6 heteroatoms. The van der Waals surface area contributed by atoms with Crippen molar-refractivity contribution in [2.24, 2.45) is 15.8 Å². The van der Waals surface area contributed by atoms with Crippen LogP contribution in [-0.4, -0.2) is 34.1 Å². The first-order valence-electron chi connectivity index (χ1n) is 11.0. The molecule has 1 fully saturated rings. The molecule has 0 aliphatic heterocycles. The van der Waals surface area contributed by atoms with Gasteiger partial charge in [0, 0.05) is 44.4 Å². The first-order chi connectivity index (χ1) is 14.0. The van der Waals surface area contributed by atoms with Crippen molar-refractivity contribution in [1.29, 1.82) is 0 Å². The highest BCUT2D eigenvalue weighted by atomic mass is 16.5. The van der Waals surface area contributed by atoms with E-state index in [4.69, 9.17) is 4.52 Å². The van der Waals surface area contributed by atoms with Gasteiger partial charge in [-0.05, 0) is 23.7 Å². The van der Waals surface area contributed by atoms with Gasteiger partial charge in [-0.1, -0.05) is 46.2 Å². The van der Waals surface area contributed by atoms with Crippen molar-refractivity contribution >= 4 is 17.3 Å². The maximum absolute atomic E-state index is 12.8. The van der Waals surface area contributed by atoms with Crippen LogP contribution in [0.25, 0.3) is 0 Å². The van der Waals surface area contributed by atoms with Crippen molar-refractivity contribution in [2.75, 3.05) is 6.54 Å². The number of hydrogen-bond donors (Lipinski definition) is 1. The Kier molecular flexibility index (Phi) is 6.34. The summed E-state index contributed by atoms with van der Waals surface area (Å²) in [6.45, 7) is 11.0. The maximum Gasteiger partial charge on any atom is 0.168 e. The van der Waals surface area contributed by atoms with Gasteiger partial charge in [0.25, 0.3) is 0 Å². The highest BCUT2D eigenvalue weighted by molar-refractivity contribution is 6.24. The number of aryl methyl sites for hydroxylation is 1. The Labute approximate surface area is 178 Å². The standard InChI is InChI=1S/C24H34N2O4/c1-6-7-10-25-16-11-23(2,3)12-18(28)21(16)17(27)9-8-15-22-19(29)13-24(4,5)14-20(22)30-26-15/h27H,6-14H2,1-5H3. The lowest BCUT2D eigenvalue weighted by Crippen LogP contribution is -2.33. The Morgan fingerprint density at radius 3 is 2.43 bits per heavy atom. The number of aliphatic hydroxyl groups is 1. The van der Waals surface area contributed by atoms with Crippen molar-refractivity contribution in [3.63, 3.8) is 0 Å². The van der Waals surface area contributed by atoms with Crippen LogP contribution in [0.2, 0.25) is 0 Å². The van der Waals surface area contributed by atoms with E-state index in [-0.39, 0.29) is 34.6 Å². The van der Waals surface area contributed by atoms with Crippen LogP contribution in [0.3, 0.4) is 0 Å². The minimum Gasteiger partial charge on any atom is -0.511 e. The molecule has 1 saturated carbocycles. The zero-order chi connectivity index (χ0) is 22.1. The zero-order valence-corrected chi connectivity index (χ0v) is 18.9. The second-order valence-electron chi connectivity index (χ2n) is 10.3. The molecule has 0 unspecified atom stereocenters. The van der Waals surface area contributed by atoms with E-state index in [0.29, 0.717) is 67.0 Å². The highest BCUT2D eigenvalue weighted by Crippen LogP contribution is 2.38. The number of aliphatic imine (C=N–C) groups is 1. The van der Waals surface area contributed by atoms with Crippen molar-refractivity contribution in [3.8, 4) is 0 Å². The van der Waals surface area contributed by atoms with Gasteiger partial charge >= 0.3 is 0 Å². The first kappa shape index (κ1) is 22.4. The number of carbonyl (C=O) groups is 2. The van der Waals surface area contributed by atoms with Gasteiger partial charge in [-0.25, -0.2) is 0 Å². The molecular formula is C24H34N2O4. The van der Waals surface area contributed by atoms with E-state index in [9.17, 15) is 14.7 Å². The first-order valence-corrected chi connectivity index (χ1v) is 11.0. The third-order valence-corrected chi connectivity index (χ3v) is 5.94. The quantitative estimate of drug-likeness (QED) is 0.392. The third kappa shape index (κ3) is 4.90. The molecule has 0 radical (unpaired) electrons. The lowest BCUT2D eigenvalue weighted by molar-refractivity contribution is -0.117. The average molecular weight is 415 g/mol. The van der Waals surface area contributed by atoms with E-state index >= 15 is 0 Å². The Morgan fingerprint density at radius 2 is 1.73 bits per heavy atom. The summed E-state index contributed by atoms with van der Waals surface area (Å²) in [5, 5.41) is 14.9. The van der Waals surface area contributed by atoms with Crippen molar-refractivity contribution in [2.45, 2.75) is 86.0 Å². The molecule has 0 spiro atoms. The molecule has 3 rings (SSSR count). The minimum atomic E-state index is -0.156. The van der Waals surface area contributed by atoms with Crippen molar-refractivity contribution in [3.05, 3.63) is 28.3 Å². The Balaban J connectivity index is 1.82. The largest absolute Gasteiger partial charge is 0.511 e. The van der Waals surface area contributed by atoms with Crippen LogP contribution < -0.4 is 0 Å². The number of rotatable bonds is 6. The predicted molar refractivity (Wildman–Crippen MR) is 116 cm³/mol. The summed E-state index contributed by atoms with van der Waals surface area (Å²) in [6, 6.07) is 0. The van der Waals surface area contributed by atoms with E-state index in [2.05, 4.69) is 30.9 Å².